The Hall–Kier alpha value is -3.55. The molecule has 0 bridgehead atoms. The molecule has 32 heavy (non-hydrogen) atoms. The van der Waals surface area contributed by atoms with E-state index in [9.17, 15) is 22.8 Å². The molecule has 1 unspecified atom stereocenters. The van der Waals surface area contributed by atoms with E-state index in [0.29, 0.717) is 6.42 Å². The second-order valence-electron chi connectivity index (χ2n) is 7.74. The van der Waals surface area contributed by atoms with Crippen molar-refractivity contribution in [3.8, 4) is 11.3 Å². The van der Waals surface area contributed by atoms with Gasteiger partial charge in [0.25, 0.3) is 5.91 Å². The van der Waals surface area contributed by atoms with Crippen LogP contribution in [-0.4, -0.2) is 23.9 Å². The maximum Gasteiger partial charge on any atom is 0.416 e. The molecule has 2 amide bonds. The highest BCUT2D eigenvalue weighted by molar-refractivity contribution is 5.96. The van der Waals surface area contributed by atoms with Gasteiger partial charge in [0.2, 0.25) is 5.91 Å². The number of hydrogen-bond donors (Lipinski definition) is 2. The van der Waals surface area contributed by atoms with Gasteiger partial charge in [0, 0.05) is 18.0 Å². The summed E-state index contributed by atoms with van der Waals surface area (Å²) in [5, 5.41) is 5.58. The van der Waals surface area contributed by atoms with E-state index in [1.54, 1.807) is 0 Å². The van der Waals surface area contributed by atoms with Crippen molar-refractivity contribution in [2.75, 3.05) is 0 Å². The Morgan fingerprint density at radius 2 is 1.75 bits per heavy atom. The summed E-state index contributed by atoms with van der Waals surface area (Å²) >= 11 is 0. The highest BCUT2D eigenvalue weighted by Crippen LogP contribution is 2.32. The lowest BCUT2D eigenvalue weighted by molar-refractivity contribution is -0.137. The summed E-state index contributed by atoms with van der Waals surface area (Å²) in [5.74, 6) is -0.859. The summed E-state index contributed by atoms with van der Waals surface area (Å²) in [5.41, 5.74) is 0.274. The molecule has 3 aromatic rings. The number of furan rings is 1. The van der Waals surface area contributed by atoms with Gasteiger partial charge in [0.15, 0.2) is 5.76 Å². The molecule has 8 heteroatoms. The molecule has 1 aliphatic rings. The van der Waals surface area contributed by atoms with Crippen LogP contribution in [0.25, 0.3) is 11.3 Å². The van der Waals surface area contributed by atoms with Crippen molar-refractivity contribution in [1.82, 2.24) is 10.6 Å². The van der Waals surface area contributed by atoms with E-state index in [0.717, 1.165) is 30.5 Å². The van der Waals surface area contributed by atoms with Crippen molar-refractivity contribution in [3.63, 3.8) is 0 Å². The van der Waals surface area contributed by atoms with Gasteiger partial charge in [0.05, 0.1) is 5.56 Å². The Balaban J connectivity index is 1.50. The number of carbonyl (C=O) groups excluding carboxylic acids is 2. The van der Waals surface area contributed by atoms with Crippen molar-refractivity contribution in [3.05, 3.63) is 83.6 Å². The minimum Gasteiger partial charge on any atom is -0.451 e. The van der Waals surface area contributed by atoms with Crippen LogP contribution >= 0.6 is 0 Å². The number of rotatable bonds is 7. The molecule has 0 radical (unpaired) electrons. The topological polar surface area (TPSA) is 71.3 Å². The van der Waals surface area contributed by atoms with E-state index in [2.05, 4.69) is 10.6 Å². The highest BCUT2D eigenvalue weighted by atomic mass is 19.4. The summed E-state index contributed by atoms with van der Waals surface area (Å²) in [6, 6.07) is 16.1. The van der Waals surface area contributed by atoms with Crippen LogP contribution in [0.15, 0.2) is 71.1 Å². The van der Waals surface area contributed by atoms with E-state index < -0.39 is 23.7 Å². The second-order valence-corrected chi connectivity index (χ2v) is 7.74. The molecule has 166 valence electrons. The van der Waals surface area contributed by atoms with Crippen molar-refractivity contribution in [2.45, 2.75) is 37.5 Å². The zero-order valence-electron chi connectivity index (χ0n) is 17.0. The third-order valence-corrected chi connectivity index (χ3v) is 5.13. The first-order valence-electron chi connectivity index (χ1n) is 10.2. The SMILES string of the molecule is O=C(NC(Cc1ccccc1)C(=O)NC1CC1)c1ccc(-c2cccc(C(F)(F)F)c2)o1. The molecule has 2 aromatic carbocycles. The third kappa shape index (κ3) is 5.38. The molecule has 1 atom stereocenters. The van der Waals surface area contributed by atoms with Gasteiger partial charge in [-0.1, -0.05) is 42.5 Å². The molecule has 1 fully saturated rings. The Labute approximate surface area is 182 Å². The average molecular weight is 442 g/mol. The average Bonchev–Trinajstić information content (AvgIpc) is 3.44. The summed E-state index contributed by atoms with van der Waals surface area (Å²) < 4.78 is 44.4. The first-order chi connectivity index (χ1) is 15.3. The number of amides is 2. The predicted molar refractivity (Wildman–Crippen MR) is 112 cm³/mol. The Morgan fingerprint density at radius 3 is 2.44 bits per heavy atom. The zero-order valence-corrected chi connectivity index (χ0v) is 17.0. The Bertz CT molecular complexity index is 1100. The van der Waals surface area contributed by atoms with Crippen LogP contribution in [0.3, 0.4) is 0 Å². The monoisotopic (exact) mass is 442 g/mol. The van der Waals surface area contributed by atoms with Crippen molar-refractivity contribution < 1.29 is 27.2 Å². The highest BCUT2D eigenvalue weighted by Gasteiger charge is 2.31. The van der Waals surface area contributed by atoms with Crippen LogP contribution in [0.2, 0.25) is 0 Å². The number of halogens is 3. The van der Waals surface area contributed by atoms with Gasteiger partial charge in [-0.25, -0.2) is 0 Å². The fourth-order valence-corrected chi connectivity index (χ4v) is 3.28. The van der Waals surface area contributed by atoms with E-state index in [1.165, 1.54) is 24.3 Å². The van der Waals surface area contributed by atoms with Gasteiger partial charge in [0.1, 0.15) is 11.8 Å². The zero-order chi connectivity index (χ0) is 22.7. The molecule has 0 spiro atoms. The van der Waals surface area contributed by atoms with E-state index in [-0.39, 0.29) is 29.0 Å². The van der Waals surface area contributed by atoms with Gasteiger partial charge in [-0.15, -0.1) is 0 Å². The summed E-state index contributed by atoms with van der Waals surface area (Å²) in [4.78, 5) is 25.4. The van der Waals surface area contributed by atoms with E-state index >= 15 is 0 Å². The lowest BCUT2D eigenvalue weighted by atomic mass is 10.0. The fourth-order valence-electron chi connectivity index (χ4n) is 3.28. The molecule has 4 rings (SSSR count). The summed E-state index contributed by atoms with van der Waals surface area (Å²) in [6.07, 6.45) is -2.36. The van der Waals surface area contributed by atoms with Crippen LogP contribution < -0.4 is 10.6 Å². The molecule has 2 N–H and O–H groups in total. The van der Waals surface area contributed by atoms with Crippen LogP contribution in [-0.2, 0) is 17.4 Å². The number of hydrogen-bond acceptors (Lipinski definition) is 3. The van der Waals surface area contributed by atoms with Crippen molar-refractivity contribution >= 4 is 11.8 Å². The van der Waals surface area contributed by atoms with E-state index in [1.807, 2.05) is 30.3 Å². The lowest BCUT2D eigenvalue weighted by Gasteiger charge is -2.18. The predicted octanol–water partition coefficient (Wildman–Crippen LogP) is 4.59. The quantitative estimate of drug-likeness (QED) is 0.563. The normalized spacial score (nSPS) is 14.6. The molecule has 0 aliphatic heterocycles. The van der Waals surface area contributed by atoms with Crippen LogP contribution in [0.4, 0.5) is 13.2 Å². The number of carbonyl (C=O) groups is 2. The van der Waals surface area contributed by atoms with Gasteiger partial charge in [-0.3, -0.25) is 9.59 Å². The van der Waals surface area contributed by atoms with Crippen LogP contribution in [0.1, 0.15) is 34.5 Å². The fraction of sp³-hybridized carbons (Fsp3) is 0.250. The van der Waals surface area contributed by atoms with Gasteiger partial charge >= 0.3 is 6.18 Å². The molecule has 1 heterocycles. The third-order valence-electron chi connectivity index (χ3n) is 5.13. The Morgan fingerprint density at radius 1 is 1.00 bits per heavy atom. The standard InChI is InChI=1S/C24H21F3N2O3/c25-24(26,27)17-8-4-7-16(14-17)20-11-12-21(32-20)23(31)29-19(22(30)28-18-9-10-18)13-15-5-2-1-3-6-15/h1-8,11-12,14,18-19H,9-10,13H2,(H,28,30)(H,29,31). The van der Waals surface area contributed by atoms with Crippen molar-refractivity contribution in [2.24, 2.45) is 0 Å². The van der Waals surface area contributed by atoms with Crippen LogP contribution in [0.5, 0.6) is 0 Å². The van der Waals surface area contributed by atoms with Crippen molar-refractivity contribution in [1.29, 1.82) is 0 Å². The van der Waals surface area contributed by atoms with Gasteiger partial charge < -0.3 is 15.1 Å². The largest absolute Gasteiger partial charge is 0.451 e. The summed E-state index contributed by atoms with van der Waals surface area (Å²) in [7, 11) is 0. The maximum atomic E-state index is 13.0. The van der Waals surface area contributed by atoms with E-state index in [4.69, 9.17) is 4.42 Å². The number of nitrogens with one attached hydrogen (secondary N) is 2. The minimum atomic E-state index is -4.48. The van der Waals surface area contributed by atoms with Gasteiger partial charge in [-0.05, 0) is 42.7 Å². The van der Waals surface area contributed by atoms with Crippen LogP contribution in [0, 0.1) is 0 Å². The second kappa shape index (κ2) is 8.90. The molecular formula is C24H21F3N2O3. The minimum absolute atomic E-state index is 0.0882. The molecular weight excluding hydrogens is 421 g/mol. The Kier molecular flexibility index (Phi) is 6.03. The molecule has 5 nitrogen and oxygen atoms in total. The molecule has 1 aliphatic carbocycles. The van der Waals surface area contributed by atoms with Gasteiger partial charge in [-0.2, -0.15) is 13.2 Å². The summed E-state index contributed by atoms with van der Waals surface area (Å²) in [6.45, 7) is 0. The first-order valence-corrected chi connectivity index (χ1v) is 10.2. The lowest BCUT2D eigenvalue weighted by Crippen LogP contribution is -2.48. The number of alkyl halides is 3. The smallest absolute Gasteiger partial charge is 0.416 e. The molecule has 1 aromatic heterocycles. The molecule has 1 saturated carbocycles. The number of benzene rings is 2. The molecule has 0 saturated heterocycles. The first kappa shape index (κ1) is 21.7. The maximum absolute atomic E-state index is 13.0.